The van der Waals surface area contributed by atoms with Crippen LogP contribution in [0, 0.1) is 0 Å². The molecule has 2 aromatic rings. The predicted octanol–water partition coefficient (Wildman–Crippen LogP) is 1.92. The van der Waals surface area contributed by atoms with Crippen LogP contribution in [0.25, 0.3) is 10.9 Å². The fraction of sp³-hybridized carbons (Fsp3) is 0.300. The topological polar surface area (TPSA) is 43.8 Å². The van der Waals surface area contributed by atoms with E-state index in [0.717, 1.165) is 12.1 Å². The van der Waals surface area contributed by atoms with Gasteiger partial charge in [0.2, 0.25) is 0 Å². The van der Waals surface area contributed by atoms with Crippen molar-refractivity contribution in [1.29, 1.82) is 0 Å². The van der Waals surface area contributed by atoms with Gasteiger partial charge < -0.3 is 10.3 Å². The van der Waals surface area contributed by atoms with Crippen molar-refractivity contribution in [2.75, 3.05) is 6.54 Å². The molecule has 0 atom stereocenters. The van der Waals surface area contributed by atoms with Crippen LogP contribution in [0.5, 0.6) is 0 Å². The molecule has 0 bridgehead atoms. The summed E-state index contributed by atoms with van der Waals surface area (Å²) in [6.07, 6.45) is 4.74. The van der Waals surface area contributed by atoms with E-state index in [4.69, 9.17) is 5.73 Å². The molecular formula is C10H15Cl2N3. The Bertz CT molecular complexity index is 426. The molecule has 0 aliphatic carbocycles. The number of aromatic nitrogens is 2. The number of halogens is 2. The number of rotatable bonds is 2. The van der Waals surface area contributed by atoms with E-state index in [2.05, 4.69) is 15.6 Å². The molecule has 0 unspecified atom stereocenters. The summed E-state index contributed by atoms with van der Waals surface area (Å²) in [4.78, 5) is 4.32. The SMILES string of the molecule is Cl.Cl.Cn1ccc2c(CCN)nccc21. The second-order valence-corrected chi connectivity index (χ2v) is 3.16. The molecule has 2 aromatic heterocycles. The number of nitrogens with zero attached hydrogens (tertiary/aromatic N) is 2. The van der Waals surface area contributed by atoms with Crippen LogP contribution < -0.4 is 5.73 Å². The van der Waals surface area contributed by atoms with Crippen molar-refractivity contribution in [2.24, 2.45) is 12.8 Å². The van der Waals surface area contributed by atoms with Crippen LogP contribution in [-0.4, -0.2) is 16.1 Å². The van der Waals surface area contributed by atoms with Crippen LogP contribution >= 0.6 is 24.8 Å². The molecule has 2 heterocycles. The summed E-state index contributed by atoms with van der Waals surface area (Å²) in [6.45, 7) is 0.654. The Morgan fingerprint density at radius 3 is 2.73 bits per heavy atom. The van der Waals surface area contributed by atoms with E-state index in [-0.39, 0.29) is 24.8 Å². The number of pyridine rings is 1. The van der Waals surface area contributed by atoms with Crippen LogP contribution in [0.1, 0.15) is 5.69 Å². The standard InChI is InChI=1S/C10H13N3.2ClH/c1-13-7-4-8-9(2-5-11)12-6-3-10(8)13;;/h3-4,6-7H,2,5,11H2,1H3;2*1H. The first-order valence-electron chi connectivity index (χ1n) is 4.42. The van der Waals surface area contributed by atoms with Gasteiger partial charge in [0.15, 0.2) is 0 Å². The zero-order chi connectivity index (χ0) is 9.26. The van der Waals surface area contributed by atoms with E-state index in [9.17, 15) is 0 Å². The Balaban J connectivity index is 0.000000980. The van der Waals surface area contributed by atoms with Crippen molar-refractivity contribution in [3.63, 3.8) is 0 Å². The minimum absolute atomic E-state index is 0. The molecule has 0 saturated heterocycles. The van der Waals surface area contributed by atoms with E-state index in [0.29, 0.717) is 6.54 Å². The molecule has 0 spiro atoms. The lowest BCUT2D eigenvalue weighted by molar-refractivity contribution is 0.930. The van der Waals surface area contributed by atoms with Gasteiger partial charge >= 0.3 is 0 Å². The first kappa shape index (κ1) is 14.2. The first-order chi connectivity index (χ1) is 6.33. The summed E-state index contributed by atoms with van der Waals surface area (Å²) < 4.78 is 2.09. The summed E-state index contributed by atoms with van der Waals surface area (Å²) in [5.74, 6) is 0. The molecule has 0 fully saturated rings. The highest BCUT2D eigenvalue weighted by molar-refractivity contribution is 5.85. The normalized spacial score (nSPS) is 9.47. The third-order valence-corrected chi connectivity index (χ3v) is 2.28. The molecule has 84 valence electrons. The molecule has 0 aromatic carbocycles. The van der Waals surface area contributed by atoms with Gasteiger partial charge in [-0.3, -0.25) is 4.98 Å². The lowest BCUT2D eigenvalue weighted by Gasteiger charge is -2.00. The Labute approximate surface area is 101 Å². The molecular weight excluding hydrogens is 233 g/mol. The minimum atomic E-state index is 0. The maximum absolute atomic E-state index is 5.51. The van der Waals surface area contributed by atoms with Gasteiger partial charge in [0.1, 0.15) is 0 Å². The monoisotopic (exact) mass is 247 g/mol. The van der Waals surface area contributed by atoms with Gasteiger partial charge in [0.05, 0.1) is 11.2 Å². The highest BCUT2D eigenvalue weighted by atomic mass is 35.5. The Kier molecular flexibility index (Phi) is 5.65. The molecule has 0 saturated carbocycles. The van der Waals surface area contributed by atoms with Gasteiger partial charge in [-0.15, -0.1) is 24.8 Å². The third kappa shape index (κ3) is 2.62. The maximum atomic E-state index is 5.51. The van der Waals surface area contributed by atoms with Crippen molar-refractivity contribution in [1.82, 2.24) is 9.55 Å². The highest BCUT2D eigenvalue weighted by Gasteiger charge is 2.03. The van der Waals surface area contributed by atoms with Gasteiger partial charge in [-0.25, -0.2) is 0 Å². The number of fused-ring (bicyclic) bond motifs is 1. The summed E-state index contributed by atoms with van der Waals surface area (Å²) in [6, 6.07) is 4.11. The smallest absolute Gasteiger partial charge is 0.0511 e. The van der Waals surface area contributed by atoms with Crippen LogP contribution in [0.2, 0.25) is 0 Å². The number of hydrogen-bond donors (Lipinski definition) is 1. The lowest BCUT2D eigenvalue weighted by atomic mass is 10.2. The van der Waals surface area contributed by atoms with Gasteiger partial charge in [0, 0.05) is 31.2 Å². The number of nitrogens with two attached hydrogens (primary N) is 1. The second kappa shape index (κ2) is 5.95. The fourth-order valence-electron chi connectivity index (χ4n) is 1.60. The third-order valence-electron chi connectivity index (χ3n) is 2.28. The van der Waals surface area contributed by atoms with Crippen LogP contribution in [0.15, 0.2) is 24.5 Å². The van der Waals surface area contributed by atoms with Crippen LogP contribution in [0.4, 0.5) is 0 Å². The van der Waals surface area contributed by atoms with Gasteiger partial charge in [-0.1, -0.05) is 0 Å². The summed E-state index contributed by atoms with van der Waals surface area (Å²) >= 11 is 0. The van der Waals surface area contributed by atoms with E-state index < -0.39 is 0 Å². The lowest BCUT2D eigenvalue weighted by Crippen LogP contribution is -2.04. The van der Waals surface area contributed by atoms with Crippen molar-refractivity contribution in [2.45, 2.75) is 6.42 Å². The van der Waals surface area contributed by atoms with E-state index >= 15 is 0 Å². The zero-order valence-corrected chi connectivity index (χ0v) is 10.1. The molecule has 0 radical (unpaired) electrons. The molecule has 3 nitrogen and oxygen atoms in total. The first-order valence-corrected chi connectivity index (χ1v) is 4.42. The molecule has 0 aliphatic rings. The van der Waals surface area contributed by atoms with Gasteiger partial charge in [-0.05, 0) is 18.7 Å². The largest absolute Gasteiger partial charge is 0.350 e. The van der Waals surface area contributed by atoms with Crippen LogP contribution in [-0.2, 0) is 13.5 Å². The van der Waals surface area contributed by atoms with E-state index in [1.54, 1.807) is 0 Å². The molecule has 2 N–H and O–H groups in total. The van der Waals surface area contributed by atoms with E-state index in [1.807, 2.05) is 25.5 Å². The van der Waals surface area contributed by atoms with Crippen LogP contribution in [0.3, 0.4) is 0 Å². The van der Waals surface area contributed by atoms with Crippen molar-refractivity contribution in [3.05, 3.63) is 30.2 Å². The number of aryl methyl sites for hydroxylation is 1. The van der Waals surface area contributed by atoms with E-state index in [1.165, 1.54) is 10.9 Å². The molecule has 0 aliphatic heterocycles. The van der Waals surface area contributed by atoms with Crippen molar-refractivity contribution >= 4 is 35.7 Å². The average molecular weight is 248 g/mol. The second-order valence-electron chi connectivity index (χ2n) is 3.16. The van der Waals surface area contributed by atoms with Gasteiger partial charge in [0.25, 0.3) is 0 Å². The van der Waals surface area contributed by atoms with Crippen molar-refractivity contribution < 1.29 is 0 Å². The molecule has 5 heteroatoms. The highest BCUT2D eigenvalue weighted by Crippen LogP contribution is 2.17. The summed E-state index contributed by atoms with van der Waals surface area (Å²) in [5, 5.41) is 1.22. The number of hydrogen-bond acceptors (Lipinski definition) is 2. The molecule has 0 amide bonds. The molecule has 2 rings (SSSR count). The zero-order valence-electron chi connectivity index (χ0n) is 8.51. The Morgan fingerprint density at radius 2 is 2.07 bits per heavy atom. The van der Waals surface area contributed by atoms with Gasteiger partial charge in [-0.2, -0.15) is 0 Å². The Morgan fingerprint density at radius 1 is 1.33 bits per heavy atom. The summed E-state index contributed by atoms with van der Waals surface area (Å²) in [5.41, 5.74) is 7.83. The average Bonchev–Trinajstić information content (AvgIpc) is 2.50. The minimum Gasteiger partial charge on any atom is -0.350 e. The fourth-order valence-corrected chi connectivity index (χ4v) is 1.60. The maximum Gasteiger partial charge on any atom is 0.0511 e. The summed E-state index contributed by atoms with van der Waals surface area (Å²) in [7, 11) is 2.04. The quantitative estimate of drug-likeness (QED) is 0.882. The Hall–Kier alpha value is -0.770. The predicted molar refractivity (Wildman–Crippen MR) is 68.0 cm³/mol. The molecule has 15 heavy (non-hydrogen) atoms. The van der Waals surface area contributed by atoms with Crippen molar-refractivity contribution in [3.8, 4) is 0 Å².